The monoisotopic (exact) mass is 384 g/mol. The maximum atomic E-state index is 13.8. The van der Waals surface area contributed by atoms with Crippen LogP contribution in [0.1, 0.15) is 27.0 Å². The van der Waals surface area contributed by atoms with Crippen LogP contribution >= 0.6 is 31.9 Å². The van der Waals surface area contributed by atoms with E-state index in [1.807, 2.05) is 19.9 Å². The molecule has 0 aliphatic rings. The summed E-state index contributed by atoms with van der Waals surface area (Å²) in [4.78, 5) is 12.4. The molecule has 4 heteroatoms. The summed E-state index contributed by atoms with van der Waals surface area (Å²) in [7, 11) is 0. The first kappa shape index (κ1) is 14.4. The molecule has 1 nitrogen and oxygen atoms in total. The van der Waals surface area contributed by atoms with Crippen LogP contribution in [0.5, 0.6) is 0 Å². The molecule has 2 aromatic carbocycles. The van der Waals surface area contributed by atoms with Crippen LogP contribution < -0.4 is 0 Å². The van der Waals surface area contributed by atoms with Gasteiger partial charge in [-0.05, 0) is 55.3 Å². The minimum absolute atomic E-state index is 0.0908. The van der Waals surface area contributed by atoms with Crippen LogP contribution in [-0.4, -0.2) is 5.78 Å². The second-order valence-corrected chi connectivity index (χ2v) is 6.14. The molecule has 0 saturated carbocycles. The lowest BCUT2D eigenvalue weighted by atomic mass is 9.97. The van der Waals surface area contributed by atoms with Gasteiger partial charge in [0.1, 0.15) is 5.82 Å². The largest absolute Gasteiger partial charge is 0.288 e. The van der Waals surface area contributed by atoms with Gasteiger partial charge in [0, 0.05) is 14.5 Å². The van der Waals surface area contributed by atoms with Crippen molar-refractivity contribution >= 4 is 37.6 Å². The molecule has 2 aromatic rings. The molecular formula is C15H11Br2FO. The van der Waals surface area contributed by atoms with Crippen molar-refractivity contribution in [3.8, 4) is 0 Å². The SMILES string of the molecule is Cc1cc(C(=O)c2ccc(Br)cc2F)c(C)cc1Br. The van der Waals surface area contributed by atoms with Gasteiger partial charge in [-0.25, -0.2) is 4.39 Å². The summed E-state index contributed by atoms with van der Waals surface area (Å²) in [5, 5.41) is 0. The fourth-order valence-corrected chi connectivity index (χ4v) is 2.64. The molecule has 2 rings (SSSR count). The normalized spacial score (nSPS) is 10.6. The Kier molecular flexibility index (Phi) is 4.21. The summed E-state index contributed by atoms with van der Waals surface area (Å²) >= 11 is 6.60. The van der Waals surface area contributed by atoms with Gasteiger partial charge in [-0.15, -0.1) is 0 Å². The zero-order valence-corrected chi connectivity index (χ0v) is 13.6. The zero-order valence-electron chi connectivity index (χ0n) is 10.4. The maximum Gasteiger partial charge on any atom is 0.196 e. The number of ketones is 1. The summed E-state index contributed by atoms with van der Waals surface area (Å²) in [6.45, 7) is 3.74. The number of halogens is 3. The number of rotatable bonds is 2. The number of hydrogen-bond donors (Lipinski definition) is 0. The summed E-state index contributed by atoms with van der Waals surface area (Å²) in [5.74, 6) is -0.808. The Morgan fingerprint density at radius 1 is 1.00 bits per heavy atom. The van der Waals surface area contributed by atoms with E-state index in [9.17, 15) is 9.18 Å². The van der Waals surface area contributed by atoms with Gasteiger partial charge in [0.15, 0.2) is 5.78 Å². The Hall–Kier alpha value is -1.000. The molecule has 0 atom stereocenters. The van der Waals surface area contributed by atoms with Crippen LogP contribution in [0.2, 0.25) is 0 Å². The van der Waals surface area contributed by atoms with Gasteiger partial charge in [0.05, 0.1) is 5.56 Å². The van der Waals surface area contributed by atoms with Gasteiger partial charge in [-0.2, -0.15) is 0 Å². The molecule has 0 N–H and O–H groups in total. The van der Waals surface area contributed by atoms with E-state index in [2.05, 4.69) is 31.9 Å². The van der Waals surface area contributed by atoms with Crippen LogP contribution in [0.25, 0.3) is 0 Å². The van der Waals surface area contributed by atoms with E-state index < -0.39 is 5.82 Å². The third kappa shape index (κ3) is 2.95. The summed E-state index contributed by atoms with van der Waals surface area (Å²) in [6.07, 6.45) is 0. The van der Waals surface area contributed by atoms with Crippen LogP contribution in [0.15, 0.2) is 39.3 Å². The molecule has 0 spiro atoms. The highest BCUT2D eigenvalue weighted by Crippen LogP contribution is 2.24. The molecule has 0 saturated heterocycles. The Morgan fingerprint density at radius 3 is 2.32 bits per heavy atom. The number of aryl methyl sites for hydroxylation is 2. The molecule has 0 aliphatic carbocycles. The molecule has 98 valence electrons. The minimum Gasteiger partial charge on any atom is -0.288 e. The highest BCUT2D eigenvalue weighted by atomic mass is 79.9. The summed E-state index contributed by atoms with van der Waals surface area (Å²) < 4.78 is 15.4. The van der Waals surface area contributed by atoms with E-state index in [0.29, 0.717) is 10.0 Å². The molecule has 0 heterocycles. The standard InChI is InChI=1S/C15H11Br2FO/c1-8-6-13(17)9(2)5-12(8)15(19)11-4-3-10(16)7-14(11)18/h3-7H,1-2H3. The van der Waals surface area contributed by atoms with Gasteiger partial charge in [0.2, 0.25) is 0 Å². The number of carbonyl (C=O) groups is 1. The molecule has 0 aromatic heterocycles. The number of carbonyl (C=O) groups excluding carboxylic acids is 1. The van der Waals surface area contributed by atoms with E-state index in [0.717, 1.165) is 15.6 Å². The summed E-state index contributed by atoms with van der Waals surface area (Å²) in [6, 6.07) is 8.12. The number of hydrogen-bond acceptors (Lipinski definition) is 1. The fourth-order valence-electron chi connectivity index (χ4n) is 1.84. The quantitative estimate of drug-likeness (QED) is 0.649. The van der Waals surface area contributed by atoms with Crippen molar-refractivity contribution in [2.24, 2.45) is 0 Å². The van der Waals surface area contributed by atoms with Crippen molar-refractivity contribution in [2.75, 3.05) is 0 Å². The van der Waals surface area contributed by atoms with Gasteiger partial charge in [0.25, 0.3) is 0 Å². The predicted molar refractivity (Wildman–Crippen MR) is 81.1 cm³/mol. The highest BCUT2D eigenvalue weighted by Gasteiger charge is 2.17. The molecule has 0 unspecified atom stereocenters. The third-order valence-electron chi connectivity index (χ3n) is 2.93. The average molecular weight is 386 g/mol. The topological polar surface area (TPSA) is 17.1 Å². The van der Waals surface area contributed by atoms with Crippen LogP contribution in [0.4, 0.5) is 4.39 Å². The Balaban J connectivity index is 2.53. The molecule has 0 radical (unpaired) electrons. The highest BCUT2D eigenvalue weighted by molar-refractivity contribution is 9.10. The summed E-state index contributed by atoms with van der Waals surface area (Å²) in [5.41, 5.74) is 2.39. The van der Waals surface area contributed by atoms with Gasteiger partial charge >= 0.3 is 0 Å². The Morgan fingerprint density at radius 2 is 1.68 bits per heavy atom. The molecule has 0 bridgehead atoms. The Bertz CT molecular complexity index is 665. The number of benzene rings is 2. The van der Waals surface area contributed by atoms with E-state index in [-0.39, 0.29) is 11.3 Å². The second kappa shape index (κ2) is 5.55. The molecular weight excluding hydrogens is 375 g/mol. The maximum absolute atomic E-state index is 13.8. The van der Waals surface area contributed by atoms with Crippen molar-refractivity contribution in [3.05, 3.63) is 67.3 Å². The van der Waals surface area contributed by atoms with Crippen molar-refractivity contribution in [3.63, 3.8) is 0 Å². The van der Waals surface area contributed by atoms with Crippen molar-refractivity contribution in [1.29, 1.82) is 0 Å². The molecule has 0 aliphatic heterocycles. The van der Waals surface area contributed by atoms with E-state index in [1.165, 1.54) is 12.1 Å². The molecule has 0 amide bonds. The fraction of sp³-hybridized carbons (Fsp3) is 0.133. The second-order valence-electron chi connectivity index (χ2n) is 4.37. The van der Waals surface area contributed by atoms with Crippen molar-refractivity contribution < 1.29 is 9.18 Å². The lowest BCUT2D eigenvalue weighted by molar-refractivity contribution is 0.103. The van der Waals surface area contributed by atoms with Gasteiger partial charge in [-0.1, -0.05) is 31.9 Å². The van der Waals surface area contributed by atoms with E-state index >= 15 is 0 Å². The van der Waals surface area contributed by atoms with E-state index in [4.69, 9.17) is 0 Å². The lowest BCUT2D eigenvalue weighted by Gasteiger charge is -2.09. The molecule has 19 heavy (non-hydrogen) atoms. The first-order valence-electron chi connectivity index (χ1n) is 5.66. The Labute approximate surface area is 128 Å². The smallest absolute Gasteiger partial charge is 0.196 e. The first-order chi connectivity index (χ1) is 8.90. The van der Waals surface area contributed by atoms with Crippen molar-refractivity contribution in [2.45, 2.75) is 13.8 Å². The van der Waals surface area contributed by atoms with E-state index in [1.54, 1.807) is 12.1 Å². The minimum atomic E-state index is -0.514. The lowest BCUT2D eigenvalue weighted by Crippen LogP contribution is -2.07. The third-order valence-corrected chi connectivity index (χ3v) is 4.27. The van der Waals surface area contributed by atoms with Crippen molar-refractivity contribution in [1.82, 2.24) is 0 Å². The predicted octanol–water partition coefficient (Wildman–Crippen LogP) is 5.20. The van der Waals surface area contributed by atoms with Crippen LogP contribution in [-0.2, 0) is 0 Å². The zero-order chi connectivity index (χ0) is 14.2. The van der Waals surface area contributed by atoms with Gasteiger partial charge < -0.3 is 0 Å². The van der Waals surface area contributed by atoms with Crippen LogP contribution in [0, 0.1) is 19.7 Å². The average Bonchev–Trinajstić information content (AvgIpc) is 2.33. The van der Waals surface area contributed by atoms with Gasteiger partial charge in [-0.3, -0.25) is 4.79 Å². The first-order valence-corrected chi connectivity index (χ1v) is 7.25. The molecule has 0 fully saturated rings. The van der Waals surface area contributed by atoms with Crippen LogP contribution in [0.3, 0.4) is 0 Å².